The van der Waals surface area contributed by atoms with Crippen molar-refractivity contribution >= 4 is 17.0 Å². The molecule has 0 spiro atoms. The van der Waals surface area contributed by atoms with Crippen LogP contribution in [0.15, 0.2) is 30.5 Å². The summed E-state index contributed by atoms with van der Waals surface area (Å²) in [7, 11) is 0. The predicted molar refractivity (Wildman–Crippen MR) is 89.8 cm³/mol. The van der Waals surface area contributed by atoms with Crippen LogP contribution in [0.1, 0.15) is 35.2 Å². The van der Waals surface area contributed by atoms with Gasteiger partial charge in [-0.25, -0.2) is 4.98 Å². The van der Waals surface area contributed by atoms with Crippen molar-refractivity contribution in [3.05, 3.63) is 45.9 Å². The highest BCUT2D eigenvalue weighted by atomic mass is 32.1. The number of benzene rings is 1. The van der Waals surface area contributed by atoms with Crippen molar-refractivity contribution in [3.8, 4) is 0 Å². The molecule has 112 valence electrons. The van der Waals surface area contributed by atoms with Gasteiger partial charge in [0, 0.05) is 23.3 Å². The molecular weight excluding hydrogens is 278 g/mol. The topological polar surface area (TPSA) is 28.2 Å². The summed E-state index contributed by atoms with van der Waals surface area (Å²) in [6, 6.07) is 8.86. The van der Waals surface area contributed by atoms with Gasteiger partial charge in [-0.05, 0) is 50.0 Å². The number of aromatic nitrogens is 1. The first-order chi connectivity index (χ1) is 10.3. The van der Waals surface area contributed by atoms with Gasteiger partial charge in [0.25, 0.3) is 0 Å². The second-order valence-electron chi connectivity index (χ2n) is 5.61. The Kier molecular flexibility index (Phi) is 4.88. The average Bonchev–Trinajstić information content (AvgIpc) is 3.18. The first-order valence-electron chi connectivity index (χ1n) is 7.82. The summed E-state index contributed by atoms with van der Waals surface area (Å²) >= 11 is 1.80. The molecule has 1 aromatic heterocycles. The zero-order valence-electron chi connectivity index (χ0n) is 12.6. The molecule has 0 unspecified atom stereocenters. The zero-order chi connectivity index (χ0) is 14.5. The molecule has 0 radical (unpaired) electrons. The lowest BCUT2D eigenvalue weighted by Gasteiger charge is -2.14. The molecule has 3 rings (SSSR count). The SMILES string of the molecule is CCc1ncc(CNc2ccc(CN3CCCC3)cc2)s1. The summed E-state index contributed by atoms with van der Waals surface area (Å²) in [6.07, 6.45) is 5.72. The Morgan fingerprint density at radius 1 is 1.19 bits per heavy atom. The van der Waals surface area contributed by atoms with E-state index in [1.165, 1.54) is 47.1 Å². The highest BCUT2D eigenvalue weighted by molar-refractivity contribution is 7.11. The minimum absolute atomic E-state index is 0.864. The molecule has 1 aliphatic rings. The van der Waals surface area contributed by atoms with E-state index in [0.29, 0.717) is 0 Å². The van der Waals surface area contributed by atoms with Crippen molar-refractivity contribution in [2.45, 2.75) is 39.3 Å². The van der Waals surface area contributed by atoms with E-state index < -0.39 is 0 Å². The fraction of sp³-hybridized carbons (Fsp3) is 0.471. The minimum atomic E-state index is 0.864. The largest absolute Gasteiger partial charge is 0.380 e. The smallest absolute Gasteiger partial charge is 0.0925 e. The van der Waals surface area contributed by atoms with Crippen molar-refractivity contribution in [2.24, 2.45) is 0 Å². The Bertz CT molecular complexity index is 556. The number of rotatable bonds is 6. The lowest BCUT2D eigenvalue weighted by atomic mass is 10.2. The number of aryl methyl sites for hydroxylation is 1. The van der Waals surface area contributed by atoms with E-state index in [9.17, 15) is 0 Å². The van der Waals surface area contributed by atoms with Gasteiger partial charge in [0.15, 0.2) is 0 Å². The number of hydrogen-bond acceptors (Lipinski definition) is 4. The Labute approximate surface area is 131 Å². The average molecular weight is 301 g/mol. The first kappa shape index (κ1) is 14.5. The monoisotopic (exact) mass is 301 g/mol. The van der Waals surface area contributed by atoms with Crippen LogP contribution in [0.25, 0.3) is 0 Å². The van der Waals surface area contributed by atoms with Gasteiger partial charge in [0.1, 0.15) is 0 Å². The lowest BCUT2D eigenvalue weighted by molar-refractivity contribution is 0.331. The van der Waals surface area contributed by atoms with Gasteiger partial charge in [0.2, 0.25) is 0 Å². The lowest BCUT2D eigenvalue weighted by Crippen LogP contribution is -2.18. The van der Waals surface area contributed by atoms with Crippen LogP contribution in [0.4, 0.5) is 5.69 Å². The van der Waals surface area contributed by atoms with Gasteiger partial charge in [-0.3, -0.25) is 4.90 Å². The molecule has 1 N–H and O–H groups in total. The Morgan fingerprint density at radius 2 is 1.95 bits per heavy atom. The van der Waals surface area contributed by atoms with Crippen LogP contribution in [0.3, 0.4) is 0 Å². The van der Waals surface area contributed by atoms with E-state index >= 15 is 0 Å². The molecule has 0 amide bonds. The summed E-state index contributed by atoms with van der Waals surface area (Å²) in [5.41, 5.74) is 2.60. The second kappa shape index (κ2) is 7.05. The van der Waals surface area contributed by atoms with E-state index in [-0.39, 0.29) is 0 Å². The molecule has 0 bridgehead atoms. The number of thiazole rings is 1. The fourth-order valence-corrected chi connectivity index (χ4v) is 3.51. The fourth-order valence-electron chi connectivity index (χ4n) is 2.71. The Morgan fingerprint density at radius 3 is 2.62 bits per heavy atom. The minimum Gasteiger partial charge on any atom is -0.380 e. The van der Waals surface area contributed by atoms with E-state index in [0.717, 1.165) is 19.5 Å². The number of hydrogen-bond donors (Lipinski definition) is 1. The van der Waals surface area contributed by atoms with Gasteiger partial charge in [-0.1, -0.05) is 19.1 Å². The molecule has 0 aliphatic carbocycles. The predicted octanol–water partition coefficient (Wildman–Crippen LogP) is 3.91. The summed E-state index contributed by atoms with van der Waals surface area (Å²) in [4.78, 5) is 8.22. The number of anilines is 1. The molecule has 1 fully saturated rings. The maximum atomic E-state index is 4.39. The van der Waals surface area contributed by atoms with Gasteiger partial charge in [-0.2, -0.15) is 0 Å². The Hall–Kier alpha value is -1.39. The number of nitrogens with zero attached hydrogens (tertiary/aromatic N) is 2. The van der Waals surface area contributed by atoms with Crippen LogP contribution in [-0.4, -0.2) is 23.0 Å². The third kappa shape index (κ3) is 4.05. The molecule has 4 heteroatoms. The number of nitrogens with one attached hydrogen (secondary N) is 1. The van der Waals surface area contributed by atoms with E-state index in [1.54, 1.807) is 11.3 Å². The zero-order valence-corrected chi connectivity index (χ0v) is 13.5. The van der Waals surface area contributed by atoms with E-state index in [4.69, 9.17) is 0 Å². The van der Waals surface area contributed by atoms with Crippen LogP contribution < -0.4 is 5.32 Å². The molecule has 2 aromatic rings. The molecular formula is C17H23N3S. The molecule has 1 aliphatic heterocycles. The highest BCUT2D eigenvalue weighted by Gasteiger charge is 2.11. The Balaban J connectivity index is 1.51. The number of likely N-dealkylation sites (tertiary alicyclic amines) is 1. The maximum Gasteiger partial charge on any atom is 0.0925 e. The molecule has 0 saturated carbocycles. The molecule has 0 atom stereocenters. The third-order valence-electron chi connectivity index (χ3n) is 3.93. The van der Waals surface area contributed by atoms with Crippen molar-refractivity contribution in [1.82, 2.24) is 9.88 Å². The summed E-state index contributed by atoms with van der Waals surface area (Å²) in [5.74, 6) is 0. The quantitative estimate of drug-likeness (QED) is 0.876. The van der Waals surface area contributed by atoms with Crippen LogP contribution in [0, 0.1) is 0 Å². The van der Waals surface area contributed by atoms with Crippen LogP contribution in [-0.2, 0) is 19.5 Å². The second-order valence-corrected chi connectivity index (χ2v) is 6.81. The standard InChI is InChI=1S/C17H23N3S/c1-2-17-19-12-16(21-17)11-18-15-7-5-14(6-8-15)13-20-9-3-4-10-20/h5-8,12,18H,2-4,9-11,13H2,1H3. The van der Waals surface area contributed by atoms with Gasteiger partial charge in [-0.15, -0.1) is 11.3 Å². The van der Waals surface area contributed by atoms with Gasteiger partial charge in [0.05, 0.1) is 11.6 Å². The third-order valence-corrected chi connectivity index (χ3v) is 5.07. The summed E-state index contributed by atoms with van der Waals surface area (Å²) in [6.45, 7) is 6.61. The van der Waals surface area contributed by atoms with Crippen molar-refractivity contribution < 1.29 is 0 Å². The summed E-state index contributed by atoms with van der Waals surface area (Å²) < 4.78 is 0. The summed E-state index contributed by atoms with van der Waals surface area (Å²) in [5, 5.41) is 4.69. The van der Waals surface area contributed by atoms with Gasteiger partial charge < -0.3 is 5.32 Å². The molecule has 1 saturated heterocycles. The first-order valence-corrected chi connectivity index (χ1v) is 8.64. The highest BCUT2D eigenvalue weighted by Crippen LogP contribution is 2.18. The van der Waals surface area contributed by atoms with Crippen LogP contribution in [0.2, 0.25) is 0 Å². The van der Waals surface area contributed by atoms with Crippen LogP contribution in [0.5, 0.6) is 0 Å². The van der Waals surface area contributed by atoms with Gasteiger partial charge >= 0.3 is 0 Å². The normalized spacial score (nSPS) is 15.5. The van der Waals surface area contributed by atoms with Crippen molar-refractivity contribution in [1.29, 1.82) is 0 Å². The van der Waals surface area contributed by atoms with Crippen molar-refractivity contribution in [3.63, 3.8) is 0 Å². The van der Waals surface area contributed by atoms with Crippen LogP contribution >= 0.6 is 11.3 Å². The van der Waals surface area contributed by atoms with E-state index in [2.05, 4.69) is 46.4 Å². The maximum absolute atomic E-state index is 4.39. The molecule has 2 heterocycles. The molecule has 3 nitrogen and oxygen atoms in total. The molecule has 1 aromatic carbocycles. The van der Waals surface area contributed by atoms with E-state index in [1.807, 2.05) is 6.20 Å². The van der Waals surface area contributed by atoms with Crippen molar-refractivity contribution in [2.75, 3.05) is 18.4 Å². The molecule has 21 heavy (non-hydrogen) atoms.